The summed E-state index contributed by atoms with van der Waals surface area (Å²) >= 11 is 1.48. The van der Waals surface area contributed by atoms with Gasteiger partial charge in [-0.15, -0.1) is 11.8 Å². The number of carbonyl (C=O) groups is 2. The number of hydrogen-bond donors (Lipinski definition) is 1. The van der Waals surface area contributed by atoms with Crippen LogP contribution in [-0.2, 0) is 4.79 Å². The van der Waals surface area contributed by atoms with E-state index in [0.29, 0.717) is 23.9 Å². The van der Waals surface area contributed by atoms with Crippen LogP contribution in [0.4, 0.5) is 0 Å². The molecule has 5 nitrogen and oxygen atoms in total. The molecule has 0 bridgehead atoms. The number of carbonyl (C=O) groups excluding carboxylic acids is 2. The third kappa shape index (κ3) is 7.80. The Morgan fingerprint density at radius 3 is 2.53 bits per heavy atom. The van der Waals surface area contributed by atoms with Gasteiger partial charge in [-0.2, -0.15) is 0 Å². The van der Waals surface area contributed by atoms with E-state index in [-0.39, 0.29) is 11.8 Å². The van der Waals surface area contributed by atoms with E-state index in [1.54, 1.807) is 0 Å². The first kappa shape index (κ1) is 25.1. The third-order valence-electron chi connectivity index (χ3n) is 7.06. The zero-order chi connectivity index (χ0) is 22.8. The summed E-state index contributed by atoms with van der Waals surface area (Å²) < 4.78 is 0. The van der Waals surface area contributed by atoms with Crippen LogP contribution in [0.5, 0.6) is 0 Å². The Hall–Kier alpha value is -1.53. The van der Waals surface area contributed by atoms with Gasteiger partial charge in [0.1, 0.15) is 0 Å². The largest absolute Gasteiger partial charge is 0.352 e. The summed E-state index contributed by atoms with van der Waals surface area (Å²) in [7, 11) is 1.93. The van der Waals surface area contributed by atoms with Gasteiger partial charge in [0.25, 0.3) is 5.91 Å². The van der Waals surface area contributed by atoms with Crippen molar-refractivity contribution in [1.29, 1.82) is 0 Å². The molecule has 3 rings (SSSR count). The monoisotopic (exact) mass is 459 g/mol. The number of thioether (sulfide) groups is 1. The van der Waals surface area contributed by atoms with Crippen LogP contribution >= 0.6 is 11.8 Å². The predicted octanol–water partition coefficient (Wildman–Crippen LogP) is 4.81. The fourth-order valence-electron chi connectivity index (χ4n) is 4.74. The molecular weight excluding hydrogens is 418 g/mol. The maximum absolute atomic E-state index is 12.8. The van der Waals surface area contributed by atoms with Crippen molar-refractivity contribution in [3.63, 3.8) is 0 Å². The second-order valence-corrected chi connectivity index (χ2v) is 10.6. The molecule has 1 saturated heterocycles. The van der Waals surface area contributed by atoms with Gasteiger partial charge in [-0.3, -0.25) is 9.59 Å². The van der Waals surface area contributed by atoms with Gasteiger partial charge < -0.3 is 15.1 Å². The van der Waals surface area contributed by atoms with E-state index < -0.39 is 0 Å². The third-order valence-corrected chi connectivity index (χ3v) is 8.12. The van der Waals surface area contributed by atoms with Crippen molar-refractivity contribution in [2.45, 2.75) is 75.6 Å². The number of nitrogens with zero attached hydrogens (tertiary/aromatic N) is 2. The van der Waals surface area contributed by atoms with E-state index in [1.807, 2.05) is 36.2 Å². The molecular formula is C26H41N3O2S. The van der Waals surface area contributed by atoms with Gasteiger partial charge in [0.2, 0.25) is 5.91 Å². The van der Waals surface area contributed by atoms with Gasteiger partial charge in [-0.05, 0) is 76.2 Å². The summed E-state index contributed by atoms with van der Waals surface area (Å²) in [6.07, 6.45) is 10.7. The average Bonchev–Trinajstić information content (AvgIpc) is 2.83. The first-order chi connectivity index (χ1) is 15.5. The van der Waals surface area contributed by atoms with Crippen LogP contribution in [0, 0.1) is 5.92 Å². The van der Waals surface area contributed by atoms with Crippen LogP contribution in [0.2, 0.25) is 0 Å². The molecule has 6 heteroatoms. The Labute approximate surface area is 198 Å². The number of unbranched alkanes of at least 4 members (excludes halogenated alkanes) is 1. The molecule has 1 N–H and O–H groups in total. The number of likely N-dealkylation sites (tertiary alicyclic amines) is 1. The normalized spacial score (nSPS) is 18.4. The number of nitrogens with one attached hydrogen (secondary N) is 1. The van der Waals surface area contributed by atoms with Crippen LogP contribution in [-0.4, -0.2) is 66.6 Å². The van der Waals surface area contributed by atoms with Crippen molar-refractivity contribution >= 4 is 23.6 Å². The summed E-state index contributed by atoms with van der Waals surface area (Å²) in [5.41, 5.74) is 0.677. The van der Waals surface area contributed by atoms with Crippen LogP contribution in [0.1, 0.15) is 75.1 Å². The first-order valence-electron chi connectivity index (χ1n) is 12.5. The molecule has 32 heavy (non-hydrogen) atoms. The minimum Gasteiger partial charge on any atom is -0.352 e. The lowest BCUT2D eigenvalue weighted by Gasteiger charge is -2.31. The summed E-state index contributed by atoms with van der Waals surface area (Å²) in [4.78, 5) is 30.8. The SMILES string of the molecule is CC1CCN(CCCCNC(=O)c2ccccc2SCC(=O)N(C)C2CCCCC2)CC1. The van der Waals surface area contributed by atoms with Crippen molar-refractivity contribution in [1.82, 2.24) is 15.1 Å². The highest BCUT2D eigenvalue weighted by atomic mass is 32.2. The lowest BCUT2D eigenvalue weighted by Crippen LogP contribution is -2.39. The van der Waals surface area contributed by atoms with Crippen molar-refractivity contribution in [3.8, 4) is 0 Å². The molecule has 0 radical (unpaired) electrons. The van der Waals surface area contributed by atoms with Gasteiger partial charge in [0, 0.05) is 24.5 Å². The van der Waals surface area contributed by atoms with Crippen molar-refractivity contribution < 1.29 is 9.59 Å². The Morgan fingerprint density at radius 2 is 1.78 bits per heavy atom. The van der Waals surface area contributed by atoms with Gasteiger partial charge in [0.05, 0.1) is 11.3 Å². The standard InChI is InChI=1S/C26H41N3O2S/c1-21-14-18-29(19-15-21)17-9-8-16-27-26(31)23-12-6-7-13-24(23)32-20-25(30)28(2)22-10-4-3-5-11-22/h6-7,12-13,21-22H,3-5,8-11,14-20H2,1-2H3,(H,27,31). The van der Waals surface area contributed by atoms with Crippen LogP contribution in [0.15, 0.2) is 29.2 Å². The number of hydrogen-bond acceptors (Lipinski definition) is 4. The topological polar surface area (TPSA) is 52.7 Å². The molecule has 2 aliphatic rings. The van der Waals surface area contributed by atoms with Crippen LogP contribution in [0.25, 0.3) is 0 Å². The van der Waals surface area contributed by atoms with E-state index in [2.05, 4.69) is 17.1 Å². The molecule has 0 unspecified atom stereocenters. The molecule has 0 aromatic heterocycles. The molecule has 0 spiro atoms. The Kier molecular flexibility index (Phi) is 10.4. The highest BCUT2D eigenvalue weighted by Gasteiger charge is 2.22. The van der Waals surface area contributed by atoms with E-state index in [9.17, 15) is 9.59 Å². The van der Waals surface area contributed by atoms with Gasteiger partial charge >= 0.3 is 0 Å². The van der Waals surface area contributed by atoms with E-state index >= 15 is 0 Å². The number of piperidine rings is 1. The Morgan fingerprint density at radius 1 is 1.06 bits per heavy atom. The molecule has 1 aromatic carbocycles. The Balaban J connectivity index is 1.39. The predicted molar refractivity (Wildman–Crippen MR) is 133 cm³/mol. The molecule has 2 amide bonds. The minimum atomic E-state index is -0.0343. The molecule has 1 aliphatic heterocycles. The van der Waals surface area contributed by atoms with Crippen molar-refractivity contribution in [3.05, 3.63) is 29.8 Å². The minimum absolute atomic E-state index is 0.0343. The van der Waals surface area contributed by atoms with E-state index in [0.717, 1.165) is 43.0 Å². The van der Waals surface area contributed by atoms with Gasteiger partial charge in [-0.25, -0.2) is 0 Å². The smallest absolute Gasteiger partial charge is 0.252 e. The Bertz CT molecular complexity index is 728. The zero-order valence-corrected chi connectivity index (χ0v) is 20.8. The zero-order valence-electron chi connectivity index (χ0n) is 20.0. The molecule has 0 atom stereocenters. The maximum Gasteiger partial charge on any atom is 0.252 e. The van der Waals surface area contributed by atoms with Gasteiger partial charge in [0.15, 0.2) is 0 Å². The van der Waals surface area contributed by atoms with E-state index in [4.69, 9.17) is 0 Å². The summed E-state index contributed by atoms with van der Waals surface area (Å²) in [5, 5.41) is 3.08. The van der Waals surface area contributed by atoms with Crippen LogP contribution in [0.3, 0.4) is 0 Å². The summed E-state index contributed by atoms with van der Waals surface area (Å²) in [6, 6.07) is 8.02. The molecule has 2 fully saturated rings. The van der Waals surface area contributed by atoms with Crippen molar-refractivity contribution in [2.24, 2.45) is 5.92 Å². The van der Waals surface area contributed by atoms with Gasteiger partial charge in [-0.1, -0.05) is 38.3 Å². The first-order valence-corrected chi connectivity index (χ1v) is 13.5. The molecule has 1 aliphatic carbocycles. The fourth-order valence-corrected chi connectivity index (χ4v) is 5.71. The summed E-state index contributed by atoms with van der Waals surface area (Å²) in [6.45, 7) is 6.60. The fraction of sp³-hybridized carbons (Fsp3) is 0.692. The summed E-state index contributed by atoms with van der Waals surface area (Å²) in [5.74, 6) is 1.37. The average molecular weight is 460 g/mol. The lowest BCUT2D eigenvalue weighted by atomic mass is 9.94. The highest BCUT2D eigenvalue weighted by Crippen LogP contribution is 2.26. The number of rotatable bonds is 10. The maximum atomic E-state index is 12.8. The van der Waals surface area contributed by atoms with Crippen LogP contribution < -0.4 is 5.32 Å². The number of benzene rings is 1. The molecule has 178 valence electrons. The quantitative estimate of drug-likeness (QED) is 0.403. The molecule has 1 heterocycles. The number of amides is 2. The second kappa shape index (κ2) is 13.2. The molecule has 1 saturated carbocycles. The van der Waals surface area contributed by atoms with Crippen molar-refractivity contribution in [2.75, 3.05) is 39.0 Å². The van der Waals surface area contributed by atoms with E-state index in [1.165, 1.54) is 57.0 Å². The molecule has 1 aromatic rings. The lowest BCUT2D eigenvalue weighted by molar-refractivity contribution is -0.129. The second-order valence-electron chi connectivity index (χ2n) is 9.57. The highest BCUT2D eigenvalue weighted by molar-refractivity contribution is 8.00.